The molecule has 9 heteroatoms. The molecule has 3 aromatic carbocycles. The van der Waals surface area contributed by atoms with Crippen LogP contribution in [0.3, 0.4) is 0 Å². The predicted octanol–water partition coefficient (Wildman–Crippen LogP) is 5.92. The number of carbonyl (C=O) groups excluding carboxylic acids is 1. The fourth-order valence-corrected chi connectivity index (χ4v) is 4.16. The maximum absolute atomic E-state index is 12.5. The van der Waals surface area contributed by atoms with E-state index in [1.807, 2.05) is 71.3 Å². The zero-order valence-electron chi connectivity index (χ0n) is 16.8. The average molecular weight is 484 g/mol. The minimum atomic E-state index is -0.179. The van der Waals surface area contributed by atoms with Gasteiger partial charge in [-0.1, -0.05) is 77.4 Å². The van der Waals surface area contributed by atoms with Gasteiger partial charge in [-0.25, -0.2) is 0 Å². The van der Waals surface area contributed by atoms with Gasteiger partial charge in [-0.3, -0.25) is 9.36 Å². The van der Waals surface area contributed by atoms with Crippen molar-refractivity contribution in [2.75, 3.05) is 16.4 Å². The second-order valence-electron chi connectivity index (χ2n) is 6.72. The molecular weight excluding hydrogens is 465 g/mol. The van der Waals surface area contributed by atoms with Crippen LogP contribution in [-0.4, -0.2) is 26.4 Å². The number of amides is 1. The zero-order chi connectivity index (χ0) is 22.3. The van der Waals surface area contributed by atoms with Gasteiger partial charge in [0.15, 0.2) is 11.0 Å². The van der Waals surface area contributed by atoms with Crippen LogP contribution in [0.5, 0.6) is 0 Å². The van der Waals surface area contributed by atoms with Crippen molar-refractivity contribution < 1.29 is 4.79 Å². The highest BCUT2D eigenvalue weighted by atomic mass is 35.5. The minimum Gasteiger partial charge on any atom is -0.377 e. The van der Waals surface area contributed by atoms with Gasteiger partial charge in [-0.2, -0.15) is 0 Å². The lowest BCUT2D eigenvalue weighted by Crippen LogP contribution is -2.15. The molecule has 0 spiro atoms. The topological polar surface area (TPSA) is 71.8 Å². The first kappa shape index (κ1) is 22.2. The van der Waals surface area contributed by atoms with Gasteiger partial charge in [-0.15, -0.1) is 10.2 Å². The molecule has 0 radical (unpaired) electrons. The van der Waals surface area contributed by atoms with E-state index in [1.165, 1.54) is 11.8 Å². The lowest BCUT2D eigenvalue weighted by molar-refractivity contribution is -0.113. The Hall–Kier alpha value is -3.00. The number of benzene rings is 3. The number of carbonyl (C=O) groups is 1. The van der Waals surface area contributed by atoms with Gasteiger partial charge in [0, 0.05) is 5.69 Å². The maximum Gasteiger partial charge on any atom is 0.234 e. The van der Waals surface area contributed by atoms with Crippen molar-refractivity contribution in [3.05, 3.63) is 94.7 Å². The van der Waals surface area contributed by atoms with Crippen molar-refractivity contribution in [1.82, 2.24) is 14.8 Å². The first-order valence-corrected chi connectivity index (χ1v) is 11.5. The second kappa shape index (κ2) is 10.5. The molecule has 0 bridgehead atoms. The summed E-state index contributed by atoms with van der Waals surface area (Å²) in [6.45, 7) is 0.415. The molecule has 0 fully saturated rings. The van der Waals surface area contributed by atoms with Crippen LogP contribution in [0.1, 0.15) is 5.82 Å². The summed E-state index contributed by atoms with van der Waals surface area (Å²) in [5, 5.41) is 16.5. The molecule has 6 nitrogen and oxygen atoms in total. The third-order valence-electron chi connectivity index (χ3n) is 4.51. The summed E-state index contributed by atoms with van der Waals surface area (Å²) in [6, 6.07) is 24.4. The summed E-state index contributed by atoms with van der Waals surface area (Å²) in [4.78, 5) is 12.5. The van der Waals surface area contributed by atoms with E-state index in [-0.39, 0.29) is 11.7 Å². The van der Waals surface area contributed by atoms with E-state index in [4.69, 9.17) is 23.2 Å². The molecular formula is C23H19Cl2N5OS. The number of para-hydroxylation sites is 3. The first-order chi connectivity index (χ1) is 15.6. The number of anilines is 2. The average Bonchev–Trinajstić information content (AvgIpc) is 3.22. The SMILES string of the molecule is O=C(CSc1nnc(CNc2ccccc2Cl)n1-c1ccccc1)Nc1ccccc1Cl. The maximum atomic E-state index is 12.5. The summed E-state index contributed by atoms with van der Waals surface area (Å²) >= 11 is 13.7. The molecule has 1 amide bonds. The van der Waals surface area contributed by atoms with E-state index < -0.39 is 0 Å². The van der Waals surface area contributed by atoms with Crippen LogP contribution in [0.25, 0.3) is 5.69 Å². The van der Waals surface area contributed by atoms with Crippen molar-refractivity contribution in [2.24, 2.45) is 0 Å². The number of halogens is 2. The molecule has 32 heavy (non-hydrogen) atoms. The van der Waals surface area contributed by atoms with E-state index in [9.17, 15) is 4.79 Å². The summed E-state index contributed by atoms with van der Waals surface area (Å²) in [7, 11) is 0. The van der Waals surface area contributed by atoms with Crippen LogP contribution in [-0.2, 0) is 11.3 Å². The van der Waals surface area contributed by atoms with Crippen LogP contribution in [0, 0.1) is 0 Å². The molecule has 0 atom stereocenters. The van der Waals surface area contributed by atoms with Gasteiger partial charge < -0.3 is 10.6 Å². The van der Waals surface area contributed by atoms with E-state index >= 15 is 0 Å². The van der Waals surface area contributed by atoms with Gasteiger partial charge in [0.05, 0.1) is 33.7 Å². The largest absolute Gasteiger partial charge is 0.377 e. The van der Waals surface area contributed by atoms with Gasteiger partial charge in [0.1, 0.15) is 0 Å². The minimum absolute atomic E-state index is 0.161. The Morgan fingerprint density at radius 3 is 2.16 bits per heavy atom. The molecule has 0 saturated carbocycles. The van der Waals surface area contributed by atoms with Crippen molar-refractivity contribution in [2.45, 2.75) is 11.7 Å². The van der Waals surface area contributed by atoms with Gasteiger partial charge in [-0.05, 0) is 36.4 Å². The Bertz CT molecular complexity index is 1220. The Kier molecular flexibility index (Phi) is 7.32. The van der Waals surface area contributed by atoms with Crippen molar-refractivity contribution >= 4 is 52.2 Å². The van der Waals surface area contributed by atoms with E-state index in [2.05, 4.69) is 20.8 Å². The highest BCUT2D eigenvalue weighted by Crippen LogP contribution is 2.26. The normalized spacial score (nSPS) is 10.7. The third kappa shape index (κ3) is 5.43. The summed E-state index contributed by atoms with van der Waals surface area (Å²) in [6.07, 6.45) is 0. The molecule has 1 heterocycles. The lowest BCUT2D eigenvalue weighted by atomic mass is 10.3. The van der Waals surface area contributed by atoms with Crippen LogP contribution in [0.2, 0.25) is 10.0 Å². The number of nitrogens with zero attached hydrogens (tertiary/aromatic N) is 3. The molecule has 0 aliphatic carbocycles. The summed E-state index contributed by atoms with van der Waals surface area (Å²) < 4.78 is 1.93. The number of hydrogen-bond donors (Lipinski definition) is 2. The van der Waals surface area contributed by atoms with Crippen LogP contribution >= 0.6 is 35.0 Å². The van der Waals surface area contributed by atoms with Gasteiger partial charge in [0.25, 0.3) is 0 Å². The van der Waals surface area contributed by atoms with Crippen LogP contribution in [0.4, 0.5) is 11.4 Å². The van der Waals surface area contributed by atoms with Crippen LogP contribution < -0.4 is 10.6 Å². The lowest BCUT2D eigenvalue weighted by Gasteiger charge is -2.12. The standard InChI is InChI=1S/C23H19Cl2N5OS/c24-17-10-4-6-12-19(17)26-14-21-28-29-23(30(21)16-8-2-1-3-9-16)32-15-22(31)27-20-13-7-5-11-18(20)25/h1-13,26H,14-15H2,(H,27,31). The number of aromatic nitrogens is 3. The molecule has 162 valence electrons. The molecule has 2 N–H and O–H groups in total. The van der Waals surface area contributed by atoms with Crippen molar-refractivity contribution in [1.29, 1.82) is 0 Å². The molecule has 0 aliphatic heterocycles. The molecule has 4 rings (SSSR count). The number of thioether (sulfide) groups is 1. The Morgan fingerprint density at radius 1 is 0.844 bits per heavy atom. The second-order valence-corrected chi connectivity index (χ2v) is 8.48. The smallest absolute Gasteiger partial charge is 0.234 e. The molecule has 1 aromatic heterocycles. The quantitative estimate of drug-likeness (QED) is 0.304. The highest BCUT2D eigenvalue weighted by Gasteiger charge is 2.16. The van der Waals surface area contributed by atoms with Gasteiger partial charge in [0.2, 0.25) is 5.91 Å². The number of nitrogens with one attached hydrogen (secondary N) is 2. The highest BCUT2D eigenvalue weighted by molar-refractivity contribution is 7.99. The van der Waals surface area contributed by atoms with E-state index in [1.54, 1.807) is 12.1 Å². The van der Waals surface area contributed by atoms with Gasteiger partial charge >= 0.3 is 0 Å². The zero-order valence-corrected chi connectivity index (χ0v) is 19.2. The Morgan fingerprint density at radius 2 is 1.47 bits per heavy atom. The fraction of sp³-hybridized carbons (Fsp3) is 0.0870. The Labute approximate surface area is 200 Å². The third-order valence-corrected chi connectivity index (χ3v) is 6.09. The van der Waals surface area contributed by atoms with E-state index in [0.29, 0.717) is 33.3 Å². The number of hydrogen-bond acceptors (Lipinski definition) is 5. The molecule has 0 unspecified atom stereocenters. The Balaban J connectivity index is 1.51. The number of rotatable bonds is 8. The summed E-state index contributed by atoms with van der Waals surface area (Å²) in [5.74, 6) is 0.681. The fourth-order valence-electron chi connectivity index (χ4n) is 3.00. The predicted molar refractivity (Wildman–Crippen MR) is 131 cm³/mol. The first-order valence-electron chi connectivity index (χ1n) is 9.77. The van der Waals surface area contributed by atoms with Crippen molar-refractivity contribution in [3.63, 3.8) is 0 Å². The van der Waals surface area contributed by atoms with E-state index in [0.717, 1.165) is 11.4 Å². The summed E-state index contributed by atoms with van der Waals surface area (Å²) in [5.41, 5.74) is 2.29. The van der Waals surface area contributed by atoms with Crippen LogP contribution in [0.15, 0.2) is 84.0 Å². The monoisotopic (exact) mass is 483 g/mol. The van der Waals surface area contributed by atoms with Crippen molar-refractivity contribution in [3.8, 4) is 5.69 Å². The molecule has 4 aromatic rings. The molecule has 0 saturated heterocycles. The molecule has 0 aliphatic rings.